The highest BCUT2D eigenvalue weighted by molar-refractivity contribution is 7.89. The molecule has 0 aliphatic heterocycles. The number of hydrogen-bond donors (Lipinski definition) is 2. The molecule has 1 aromatic heterocycles. The van der Waals surface area contributed by atoms with Crippen molar-refractivity contribution in [2.45, 2.75) is 11.3 Å². The highest BCUT2D eigenvalue weighted by Gasteiger charge is 2.17. The van der Waals surface area contributed by atoms with Gasteiger partial charge in [-0.1, -0.05) is 0 Å². The molecular weight excluding hydrogens is 218 g/mol. The second-order valence-electron chi connectivity index (χ2n) is 2.42. The first kappa shape index (κ1) is 10.8. The van der Waals surface area contributed by atoms with Crippen molar-refractivity contribution in [2.75, 3.05) is 0 Å². The zero-order chi connectivity index (χ0) is 10.9. The third kappa shape index (κ3) is 2.15. The number of aromatic nitrogens is 1. The van der Waals surface area contributed by atoms with Gasteiger partial charge in [0, 0.05) is 12.3 Å². The van der Waals surface area contributed by atoms with Gasteiger partial charge in [0.25, 0.3) is 6.43 Å². The Bertz CT molecular complexity index is 446. The van der Waals surface area contributed by atoms with E-state index in [2.05, 4.69) is 10.1 Å². The fourth-order valence-electron chi connectivity index (χ4n) is 0.769. The normalized spacial score (nSPS) is 12.0. The minimum Gasteiger partial charge on any atom is -0.506 e. The number of halogens is 2. The Morgan fingerprint density at radius 3 is 2.43 bits per heavy atom. The van der Waals surface area contributed by atoms with Crippen LogP contribution in [0.4, 0.5) is 8.78 Å². The number of aromatic hydroxyl groups is 1. The van der Waals surface area contributed by atoms with E-state index in [9.17, 15) is 17.2 Å². The summed E-state index contributed by atoms with van der Waals surface area (Å²) in [6, 6.07) is 0.629. The second-order valence-corrected chi connectivity index (χ2v) is 3.98. The van der Waals surface area contributed by atoms with Gasteiger partial charge in [0.2, 0.25) is 10.0 Å². The molecule has 8 heteroatoms. The smallest absolute Gasteiger partial charge is 0.284 e. The summed E-state index contributed by atoms with van der Waals surface area (Å²) < 4.78 is 45.5. The molecule has 0 aromatic carbocycles. The van der Waals surface area contributed by atoms with E-state index < -0.39 is 32.8 Å². The molecule has 0 spiro atoms. The molecule has 1 rings (SSSR count). The number of hydrogen-bond acceptors (Lipinski definition) is 4. The molecule has 0 radical (unpaired) electrons. The first-order valence-electron chi connectivity index (χ1n) is 3.32. The largest absolute Gasteiger partial charge is 0.506 e. The van der Waals surface area contributed by atoms with Crippen LogP contribution in [0.25, 0.3) is 0 Å². The Morgan fingerprint density at radius 1 is 1.50 bits per heavy atom. The topological polar surface area (TPSA) is 93.3 Å². The average molecular weight is 224 g/mol. The summed E-state index contributed by atoms with van der Waals surface area (Å²) in [5.74, 6) is -0.897. The fourth-order valence-corrected chi connectivity index (χ4v) is 1.24. The number of sulfonamides is 1. The Kier molecular flexibility index (Phi) is 2.67. The molecule has 0 saturated heterocycles. The summed E-state index contributed by atoms with van der Waals surface area (Å²) in [5.41, 5.74) is -0.877. The molecule has 0 unspecified atom stereocenters. The van der Waals surface area contributed by atoms with E-state index in [0.717, 1.165) is 0 Å². The van der Waals surface area contributed by atoms with Crippen LogP contribution >= 0.6 is 0 Å². The van der Waals surface area contributed by atoms with Crippen LogP contribution in [0.2, 0.25) is 0 Å². The van der Waals surface area contributed by atoms with Gasteiger partial charge in [-0.3, -0.25) is 0 Å². The van der Waals surface area contributed by atoms with Crippen molar-refractivity contribution in [3.05, 3.63) is 18.0 Å². The van der Waals surface area contributed by atoms with Crippen molar-refractivity contribution in [3.63, 3.8) is 0 Å². The van der Waals surface area contributed by atoms with Crippen LogP contribution < -0.4 is 5.14 Å². The van der Waals surface area contributed by atoms with Gasteiger partial charge in [-0.25, -0.2) is 27.3 Å². The molecule has 78 valence electrons. The molecule has 0 aliphatic rings. The van der Waals surface area contributed by atoms with E-state index >= 15 is 0 Å². The van der Waals surface area contributed by atoms with Crippen molar-refractivity contribution in [1.29, 1.82) is 0 Å². The Morgan fingerprint density at radius 2 is 2.07 bits per heavy atom. The summed E-state index contributed by atoms with van der Waals surface area (Å²) in [6.07, 6.45) is -2.30. The predicted octanol–water partition coefficient (Wildman–Crippen LogP) is 0.372. The van der Waals surface area contributed by atoms with Gasteiger partial charge >= 0.3 is 0 Å². The maximum Gasteiger partial charge on any atom is 0.284 e. The molecule has 0 saturated carbocycles. The summed E-state index contributed by atoms with van der Waals surface area (Å²) in [4.78, 5) is 2.57. The Balaban J connectivity index is 3.27. The van der Waals surface area contributed by atoms with Crippen LogP contribution in [0, 0.1) is 0 Å². The zero-order valence-corrected chi connectivity index (χ0v) is 7.50. The van der Waals surface area contributed by atoms with Gasteiger partial charge in [0.15, 0.2) is 0 Å². The molecule has 1 heterocycles. The Hall–Kier alpha value is -1.28. The summed E-state index contributed by atoms with van der Waals surface area (Å²) in [7, 11) is -4.04. The molecule has 3 N–H and O–H groups in total. The molecule has 14 heavy (non-hydrogen) atoms. The van der Waals surface area contributed by atoms with Crippen LogP contribution in [-0.2, 0) is 10.0 Å². The zero-order valence-electron chi connectivity index (χ0n) is 6.68. The van der Waals surface area contributed by atoms with Crippen LogP contribution in [0.15, 0.2) is 17.2 Å². The van der Waals surface area contributed by atoms with Gasteiger partial charge in [-0.05, 0) is 0 Å². The minimum absolute atomic E-state index is 0.514. The lowest BCUT2D eigenvalue weighted by molar-refractivity contribution is 0.141. The lowest BCUT2D eigenvalue weighted by atomic mass is 10.3. The van der Waals surface area contributed by atoms with E-state index in [-0.39, 0.29) is 0 Å². The van der Waals surface area contributed by atoms with Crippen molar-refractivity contribution in [2.24, 2.45) is 5.14 Å². The maximum absolute atomic E-state index is 12.1. The molecule has 0 atom stereocenters. The SMILES string of the molecule is NS(=O)(=O)c1cnc(C(F)F)c(O)c1. The lowest BCUT2D eigenvalue weighted by Gasteiger charge is -2.03. The maximum atomic E-state index is 12.1. The van der Waals surface area contributed by atoms with Gasteiger partial charge in [-0.15, -0.1) is 0 Å². The van der Waals surface area contributed by atoms with E-state index in [0.29, 0.717) is 12.3 Å². The van der Waals surface area contributed by atoms with E-state index in [4.69, 9.17) is 5.11 Å². The van der Waals surface area contributed by atoms with Gasteiger partial charge in [-0.2, -0.15) is 0 Å². The second kappa shape index (κ2) is 3.46. The number of nitrogens with two attached hydrogens (primary N) is 1. The molecule has 5 nitrogen and oxygen atoms in total. The van der Waals surface area contributed by atoms with Crippen LogP contribution in [0.5, 0.6) is 5.75 Å². The quantitative estimate of drug-likeness (QED) is 0.759. The number of primary sulfonamides is 1. The van der Waals surface area contributed by atoms with E-state index in [1.165, 1.54) is 0 Å². The van der Waals surface area contributed by atoms with Crippen molar-refractivity contribution in [1.82, 2.24) is 4.98 Å². The third-order valence-corrected chi connectivity index (χ3v) is 2.29. The third-order valence-electron chi connectivity index (χ3n) is 1.41. The van der Waals surface area contributed by atoms with Gasteiger partial charge in [0.1, 0.15) is 16.3 Å². The minimum atomic E-state index is -4.04. The van der Waals surface area contributed by atoms with Crippen LogP contribution in [0.1, 0.15) is 12.1 Å². The van der Waals surface area contributed by atoms with Crippen molar-refractivity contribution >= 4 is 10.0 Å². The monoisotopic (exact) mass is 224 g/mol. The highest BCUT2D eigenvalue weighted by Crippen LogP contribution is 2.27. The molecule has 0 fully saturated rings. The standard InChI is InChI=1S/C6H6F2N2O3S/c7-6(8)5-4(11)1-3(2-10-5)14(9,12)13/h1-2,6,11H,(H2,9,12,13). The van der Waals surface area contributed by atoms with E-state index in [1.807, 2.05) is 0 Å². The lowest BCUT2D eigenvalue weighted by Crippen LogP contribution is -2.12. The molecular formula is C6H6F2N2O3S. The molecule has 0 bridgehead atoms. The Labute approximate surface area is 78.2 Å². The van der Waals surface area contributed by atoms with Crippen LogP contribution in [0.3, 0.4) is 0 Å². The number of alkyl halides is 2. The summed E-state index contributed by atoms with van der Waals surface area (Å²) in [6.45, 7) is 0. The molecule has 0 aliphatic carbocycles. The number of rotatable bonds is 2. The molecule has 1 aromatic rings. The molecule has 0 amide bonds. The first-order valence-corrected chi connectivity index (χ1v) is 4.87. The van der Waals surface area contributed by atoms with Crippen molar-refractivity contribution < 1.29 is 22.3 Å². The first-order chi connectivity index (χ1) is 6.32. The summed E-state index contributed by atoms with van der Waals surface area (Å²) >= 11 is 0. The van der Waals surface area contributed by atoms with Crippen LogP contribution in [-0.4, -0.2) is 18.5 Å². The predicted molar refractivity (Wildman–Crippen MR) is 42.2 cm³/mol. The van der Waals surface area contributed by atoms with Crippen molar-refractivity contribution in [3.8, 4) is 5.75 Å². The van der Waals surface area contributed by atoms with E-state index in [1.54, 1.807) is 0 Å². The number of nitrogens with zero attached hydrogens (tertiary/aromatic N) is 1. The number of pyridine rings is 1. The van der Waals surface area contributed by atoms with Gasteiger partial charge in [0.05, 0.1) is 0 Å². The van der Waals surface area contributed by atoms with Gasteiger partial charge < -0.3 is 5.11 Å². The highest BCUT2D eigenvalue weighted by atomic mass is 32.2. The summed E-state index contributed by atoms with van der Waals surface area (Å²) in [5, 5.41) is 13.6. The average Bonchev–Trinajstić information content (AvgIpc) is 2.01. The fraction of sp³-hybridized carbons (Fsp3) is 0.167.